The molecule has 0 saturated heterocycles. The number of hydrogen-bond donors (Lipinski definition) is 1. The molecule has 2 heterocycles. The molecule has 0 saturated carbocycles. The molecule has 0 aliphatic carbocycles. The van der Waals surface area contributed by atoms with Gasteiger partial charge in [-0.3, -0.25) is 0 Å². The number of fused-ring (bicyclic) bond motifs is 1. The van der Waals surface area contributed by atoms with E-state index in [1.807, 2.05) is 34.4 Å². The van der Waals surface area contributed by atoms with Crippen LogP contribution < -0.4 is 4.74 Å². The van der Waals surface area contributed by atoms with Gasteiger partial charge >= 0.3 is 6.18 Å². The van der Waals surface area contributed by atoms with E-state index in [1.165, 1.54) is 0 Å². The Morgan fingerprint density at radius 1 is 1.20 bits per heavy atom. The molecule has 1 aliphatic rings. The summed E-state index contributed by atoms with van der Waals surface area (Å²) in [5, 5.41) is 14.4. The molecule has 0 fully saturated rings. The zero-order valence-electron chi connectivity index (χ0n) is 13.4. The summed E-state index contributed by atoms with van der Waals surface area (Å²) in [5.74, 6) is -0.0246. The van der Waals surface area contributed by atoms with Crippen molar-refractivity contribution in [3.8, 4) is 5.88 Å². The second-order valence-corrected chi connectivity index (χ2v) is 5.66. The first-order valence-corrected chi connectivity index (χ1v) is 7.83. The number of β-amino-alcohol motifs (C(OH)–C–C–N with tert-alkyl or cyclic N) is 1. The Balaban J connectivity index is 1.85. The normalized spacial score (nSPS) is 15.3. The number of alkyl halides is 3. The predicted octanol–water partition coefficient (Wildman–Crippen LogP) is 2.71. The van der Waals surface area contributed by atoms with Crippen molar-refractivity contribution in [2.45, 2.75) is 12.7 Å². The summed E-state index contributed by atoms with van der Waals surface area (Å²) in [5.41, 5.74) is 0.876. The Morgan fingerprint density at radius 2 is 1.96 bits per heavy atom. The quantitative estimate of drug-likeness (QED) is 0.865. The van der Waals surface area contributed by atoms with Gasteiger partial charge in [0.2, 0.25) is 5.88 Å². The predicted molar refractivity (Wildman–Crippen MR) is 86.6 cm³/mol. The summed E-state index contributed by atoms with van der Waals surface area (Å²) in [7, 11) is 0. The maximum atomic E-state index is 12.4. The molecular weight excluding hydrogens is 335 g/mol. The number of aromatic nitrogens is 1. The van der Waals surface area contributed by atoms with Crippen molar-refractivity contribution in [1.82, 2.24) is 15.0 Å². The minimum Gasteiger partial charge on any atom is -0.468 e. The summed E-state index contributed by atoms with van der Waals surface area (Å²) in [6.45, 7) is 0.364. The van der Waals surface area contributed by atoms with Gasteiger partial charge in [0.1, 0.15) is 0 Å². The van der Waals surface area contributed by atoms with Gasteiger partial charge in [0.15, 0.2) is 6.61 Å². The van der Waals surface area contributed by atoms with E-state index >= 15 is 0 Å². The number of aliphatic hydroxyl groups is 1. The van der Waals surface area contributed by atoms with E-state index in [0.29, 0.717) is 25.0 Å². The number of aliphatic hydroxyl groups excluding tert-OH is 1. The molecule has 5 nitrogen and oxygen atoms in total. The van der Waals surface area contributed by atoms with Crippen molar-refractivity contribution in [2.75, 3.05) is 26.3 Å². The number of benzene rings is 1. The van der Waals surface area contributed by atoms with E-state index in [1.54, 1.807) is 18.3 Å². The van der Waals surface area contributed by atoms with Gasteiger partial charge in [0, 0.05) is 30.9 Å². The lowest BCUT2D eigenvalue weighted by molar-refractivity contribution is -0.153. The van der Waals surface area contributed by atoms with Crippen LogP contribution in [0.3, 0.4) is 0 Å². The molecule has 0 bridgehead atoms. The molecule has 3 rings (SSSR count). The molecule has 0 amide bonds. The van der Waals surface area contributed by atoms with Gasteiger partial charge in [-0.1, -0.05) is 24.3 Å². The zero-order valence-corrected chi connectivity index (χ0v) is 13.4. The lowest BCUT2D eigenvalue weighted by atomic mass is 10.1. The van der Waals surface area contributed by atoms with Crippen molar-refractivity contribution < 1.29 is 23.0 Å². The van der Waals surface area contributed by atoms with Crippen LogP contribution in [0, 0.1) is 0 Å². The van der Waals surface area contributed by atoms with Crippen LogP contribution in [0.5, 0.6) is 5.88 Å². The molecule has 1 aromatic carbocycles. The maximum absolute atomic E-state index is 12.4. The fourth-order valence-electron chi connectivity index (χ4n) is 2.78. The van der Waals surface area contributed by atoms with Crippen LogP contribution >= 0.6 is 0 Å². The van der Waals surface area contributed by atoms with Crippen molar-refractivity contribution in [3.05, 3.63) is 48.3 Å². The number of halogens is 3. The van der Waals surface area contributed by atoms with E-state index in [0.717, 1.165) is 10.9 Å². The number of rotatable bonds is 6. The van der Waals surface area contributed by atoms with E-state index in [2.05, 4.69) is 4.98 Å². The third kappa shape index (κ3) is 4.21. The Labute approximate surface area is 142 Å². The minimum absolute atomic E-state index is 0.0246. The monoisotopic (exact) mass is 353 g/mol. The van der Waals surface area contributed by atoms with Crippen LogP contribution in [-0.4, -0.2) is 52.6 Å². The molecule has 2 aromatic rings. The molecule has 1 N–H and O–H groups in total. The van der Waals surface area contributed by atoms with Crippen LogP contribution in [0.15, 0.2) is 42.7 Å². The fraction of sp³-hybridized carbons (Fsp3) is 0.353. The molecule has 0 spiro atoms. The number of pyridine rings is 1. The molecular formula is C17H18F3N3O2. The van der Waals surface area contributed by atoms with Gasteiger partial charge < -0.3 is 14.9 Å². The van der Waals surface area contributed by atoms with Crippen LogP contribution in [0.4, 0.5) is 13.2 Å². The van der Waals surface area contributed by atoms with Crippen molar-refractivity contribution in [1.29, 1.82) is 0 Å². The van der Waals surface area contributed by atoms with Gasteiger partial charge in [0.05, 0.1) is 13.2 Å². The third-order valence-corrected chi connectivity index (χ3v) is 3.85. The highest BCUT2D eigenvalue weighted by Crippen LogP contribution is 2.29. The molecule has 1 aromatic heterocycles. The van der Waals surface area contributed by atoms with E-state index in [9.17, 15) is 13.2 Å². The van der Waals surface area contributed by atoms with Gasteiger partial charge in [-0.05, 0) is 17.0 Å². The molecule has 25 heavy (non-hydrogen) atoms. The average Bonchev–Trinajstić information content (AvgIpc) is 3.01. The highest BCUT2D eigenvalue weighted by Gasteiger charge is 2.29. The molecule has 134 valence electrons. The molecule has 0 atom stereocenters. The van der Waals surface area contributed by atoms with Gasteiger partial charge in [-0.15, -0.1) is 0 Å². The topological polar surface area (TPSA) is 48.8 Å². The Kier molecular flexibility index (Phi) is 5.10. The molecule has 0 unspecified atom stereocenters. The number of hydrogen-bond acceptors (Lipinski definition) is 5. The molecule has 1 aliphatic heterocycles. The largest absolute Gasteiger partial charge is 0.468 e. The van der Waals surface area contributed by atoms with E-state index in [4.69, 9.17) is 9.84 Å². The van der Waals surface area contributed by atoms with Crippen LogP contribution in [-0.2, 0) is 6.54 Å². The summed E-state index contributed by atoms with van der Waals surface area (Å²) >= 11 is 0. The lowest BCUT2D eigenvalue weighted by Gasteiger charge is -2.28. The number of hydrazine groups is 1. The summed E-state index contributed by atoms with van der Waals surface area (Å²) in [4.78, 5) is 4.09. The summed E-state index contributed by atoms with van der Waals surface area (Å²) in [6, 6.07) is 7.11. The molecule has 8 heteroatoms. The van der Waals surface area contributed by atoms with Crippen molar-refractivity contribution >= 4 is 10.8 Å². The summed E-state index contributed by atoms with van der Waals surface area (Å²) < 4.78 is 42.1. The third-order valence-electron chi connectivity index (χ3n) is 3.85. The second kappa shape index (κ2) is 7.28. The first kappa shape index (κ1) is 17.5. The van der Waals surface area contributed by atoms with Gasteiger partial charge in [-0.25, -0.2) is 9.99 Å². The van der Waals surface area contributed by atoms with Crippen LogP contribution in [0.2, 0.25) is 0 Å². The SMILES string of the molecule is OCCN1C=CCN1Cc1cnc(OCC(F)(F)F)c2ccccc12. The average molecular weight is 353 g/mol. The highest BCUT2D eigenvalue weighted by molar-refractivity contribution is 5.89. The highest BCUT2D eigenvalue weighted by atomic mass is 19.4. The second-order valence-electron chi connectivity index (χ2n) is 5.66. The lowest BCUT2D eigenvalue weighted by Crippen LogP contribution is -2.36. The van der Waals surface area contributed by atoms with E-state index in [-0.39, 0.29) is 12.5 Å². The zero-order chi connectivity index (χ0) is 17.9. The van der Waals surface area contributed by atoms with Crippen LogP contribution in [0.1, 0.15) is 5.56 Å². The molecule has 0 radical (unpaired) electrons. The van der Waals surface area contributed by atoms with Crippen molar-refractivity contribution in [3.63, 3.8) is 0 Å². The van der Waals surface area contributed by atoms with Gasteiger partial charge in [-0.2, -0.15) is 13.2 Å². The number of ether oxygens (including phenoxy) is 1. The van der Waals surface area contributed by atoms with E-state index < -0.39 is 12.8 Å². The Bertz CT molecular complexity index is 764. The minimum atomic E-state index is -4.41. The van der Waals surface area contributed by atoms with Crippen molar-refractivity contribution in [2.24, 2.45) is 0 Å². The van der Waals surface area contributed by atoms with Gasteiger partial charge in [0.25, 0.3) is 0 Å². The smallest absolute Gasteiger partial charge is 0.422 e. The standard InChI is InChI=1S/C17H18F3N3O2/c18-17(19,20)12-25-16-15-5-2-1-4-14(15)13(10-21-16)11-23-7-3-6-22(23)8-9-24/h1-6,10,24H,7-9,11-12H2. The Hall–Kier alpha value is -2.32. The number of nitrogens with zero attached hydrogens (tertiary/aromatic N) is 3. The first-order valence-electron chi connectivity index (χ1n) is 7.83. The first-order chi connectivity index (χ1) is 12.0. The summed E-state index contributed by atoms with van der Waals surface area (Å²) in [6.07, 6.45) is 1.01. The fourth-order valence-corrected chi connectivity index (χ4v) is 2.78. The Morgan fingerprint density at radius 3 is 2.68 bits per heavy atom. The maximum Gasteiger partial charge on any atom is 0.422 e. The van der Waals surface area contributed by atoms with Crippen LogP contribution in [0.25, 0.3) is 10.8 Å².